The van der Waals surface area contributed by atoms with E-state index in [0.29, 0.717) is 11.5 Å². The molecule has 7 heteroatoms. The Morgan fingerprint density at radius 2 is 2.00 bits per heavy atom. The van der Waals surface area contributed by atoms with Crippen LogP contribution in [0.4, 0.5) is 15.9 Å². The van der Waals surface area contributed by atoms with E-state index in [4.69, 9.17) is 11.6 Å². The van der Waals surface area contributed by atoms with E-state index in [-0.39, 0.29) is 36.6 Å². The fourth-order valence-corrected chi connectivity index (χ4v) is 2.61. The van der Waals surface area contributed by atoms with Crippen molar-refractivity contribution >= 4 is 34.9 Å². The highest BCUT2D eigenvalue weighted by Gasteiger charge is 2.33. The van der Waals surface area contributed by atoms with Crippen LogP contribution in [0.25, 0.3) is 0 Å². The molecule has 2 amide bonds. The summed E-state index contributed by atoms with van der Waals surface area (Å²) in [7, 11) is 0. The van der Waals surface area contributed by atoms with Gasteiger partial charge in [-0.3, -0.25) is 14.5 Å². The molecule has 0 atom stereocenters. The van der Waals surface area contributed by atoms with Crippen molar-refractivity contribution in [3.05, 3.63) is 54.0 Å². The van der Waals surface area contributed by atoms with Gasteiger partial charge >= 0.3 is 0 Å². The summed E-state index contributed by atoms with van der Waals surface area (Å²) in [5.74, 6) is -0.768. The number of carbonyl (C=O) groups excluding carboxylic acids is 2. The van der Waals surface area contributed by atoms with E-state index in [0.717, 1.165) is 5.56 Å². The van der Waals surface area contributed by atoms with E-state index in [9.17, 15) is 14.0 Å². The molecule has 2 aromatic rings. The predicted molar refractivity (Wildman–Crippen MR) is 84.9 cm³/mol. The van der Waals surface area contributed by atoms with Crippen LogP contribution in [0.15, 0.2) is 42.6 Å². The molecule has 1 aliphatic rings. The first-order valence-electron chi connectivity index (χ1n) is 6.96. The molecular weight excluding hydrogens is 321 g/mol. The monoisotopic (exact) mass is 333 g/mol. The van der Waals surface area contributed by atoms with Gasteiger partial charge in [0.25, 0.3) is 0 Å². The van der Waals surface area contributed by atoms with Crippen molar-refractivity contribution in [2.24, 2.45) is 0 Å². The molecular formula is C16H13ClFN3O2. The highest BCUT2D eigenvalue weighted by Crippen LogP contribution is 2.32. The molecule has 118 valence electrons. The van der Waals surface area contributed by atoms with E-state index in [1.165, 1.54) is 21.9 Å². The number of anilines is 2. The number of aromatic nitrogens is 1. The normalized spacial score (nSPS) is 13.9. The topological polar surface area (TPSA) is 53.5 Å². The molecule has 0 N–H and O–H groups in total. The second-order valence-corrected chi connectivity index (χ2v) is 5.33. The van der Waals surface area contributed by atoms with Crippen LogP contribution in [-0.4, -0.2) is 29.2 Å². The minimum Gasteiger partial charge on any atom is -0.303 e. The van der Waals surface area contributed by atoms with Crippen molar-refractivity contribution in [1.82, 2.24) is 4.98 Å². The Kier molecular flexibility index (Phi) is 4.25. The Morgan fingerprint density at radius 1 is 1.26 bits per heavy atom. The molecule has 3 rings (SSSR count). The lowest BCUT2D eigenvalue weighted by Crippen LogP contribution is -2.48. The van der Waals surface area contributed by atoms with Gasteiger partial charge in [-0.05, 0) is 29.8 Å². The zero-order chi connectivity index (χ0) is 16.4. The van der Waals surface area contributed by atoms with Crippen LogP contribution < -0.4 is 9.80 Å². The number of benzene rings is 1. The number of amides is 2. The molecule has 0 aliphatic carbocycles. The largest absolute Gasteiger partial charge is 0.303 e. The van der Waals surface area contributed by atoms with E-state index in [1.807, 2.05) is 0 Å². The lowest BCUT2D eigenvalue weighted by molar-refractivity contribution is -0.121. The molecule has 0 radical (unpaired) electrons. The average molecular weight is 334 g/mol. The Morgan fingerprint density at radius 3 is 2.70 bits per heavy atom. The first-order chi connectivity index (χ1) is 11.1. The first-order valence-corrected chi connectivity index (χ1v) is 7.50. The number of pyridine rings is 1. The SMILES string of the molecule is O=C1CN(C(=O)CCl)c2ncccc2N1Cc1ccc(F)cc1. The Bertz CT molecular complexity index is 751. The third-order valence-corrected chi connectivity index (χ3v) is 3.80. The summed E-state index contributed by atoms with van der Waals surface area (Å²) in [5.41, 5.74) is 1.32. The molecule has 0 bridgehead atoms. The Balaban J connectivity index is 1.96. The average Bonchev–Trinajstić information content (AvgIpc) is 2.58. The zero-order valence-electron chi connectivity index (χ0n) is 12.1. The number of rotatable bonds is 3. The third-order valence-electron chi connectivity index (χ3n) is 3.58. The number of halogens is 2. The number of hydrogen-bond acceptors (Lipinski definition) is 3. The van der Waals surface area contributed by atoms with Gasteiger partial charge in [-0.1, -0.05) is 12.1 Å². The summed E-state index contributed by atoms with van der Waals surface area (Å²) >= 11 is 5.60. The summed E-state index contributed by atoms with van der Waals surface area (Å²) in [6.45, 7) is 0.164. The second-order valence-electron chi connectivity index (χ2n) is 5.07. The van der Waals surface area contributed by atoms with Crippen molar-refractivity contribution in [3.8, 4) is 0 Å². The van der Waals surface area contributed by atoms with Crippen molar-refractivity contribution < 1.29 is 14.0 Å². The minimum atomic E-state index is -0.374. The zero-order valence-corrected chi connectivity index (χ0v) is 12.8. The lowest BCUT2D eigenvalue weighted by Gasteiger charge is -2.34. The number of nitrogens with zero attached hydrogens (tertiary/aromatic N) is 3. The molecule has 0 saturated heterocycles. The van der Waals surface area contributed by atoms with Crippen LogP contribution in [-0.2, 0) is 16.1 Å². The third kappa shape index (κ3) is 3.03. The van der Waals surface area contributed by atoms with Crippen LogP contribution in [0, 0.1) is 5.82 Å². The molecule has 0 saturated carbocycles. The highest BCUT2D eigenvalue weighted by atomic mass is 35.5. The van der Waals surface area contributed by atoms with Crippen LogP contribution in [0.1, 0.15) is 5.56 Å². The Hall–Kier alpha value is -2.47. The maximum Gasteiger partial charge on any atom is 0.247 e. The van der Waals surface area contributed by atoms with Crippen molar-refractivity contribution in [2.75, 3.05) is 22.2 Å². The number of carbonyl (C=O) groups is 2. The molecule has 0 spiro atoms. The summed E-state index contributed by atoms with van der Waals surface area (Å²) in [5, 5.41) is 0. The van der Waals surface area contributed by atoms with E-state index < -0.39 is 0 Å². The van der Waals surface area contributed by atoms with Gasteiger partial charge in [-0.2, -0.15) is 0 Å². The molecule has 1 aromatic heterocycles. The fraction of sp³-hybridized carbons (Fsp3) is 0.188. The molecule has 23 heavy (non-hydrogen) atoms. The van der Waals surface area contributed by atoms with Gasteiger partial charge in [0.15, 0.2) is 5.82 Å². The van der Waals surface area contributed by atoms with Crippen molar-refractivity contribution in [3.63, 3.8) is 0 Å². The number of fused-ring (bicyclic) bond motifs is 1. The fourth-order valence-electron chi connectivity index (χ4n) is 2.46. The van der Waals surface area contributed by atoms with Crippen LogP contribution in [0.3, 0.4) is 0 Å². The molecule has 5 nitrogen and oxygen atoms in total. The van der Waals surface area contributed by atoms with Crippen LogP contribution in [0.5, 0.6) is 0 Å². The summed E-state index contributed by atoms with van der Waals surface area (Å²) in [4.78, 5) is 31.4. The van der Waals surface area contributed by atoms with E-state index in [1.54, 1.807) is 30.5 Å². The molecule has 0 unspecified atom stereocenters. The van der Waals surface area contributed by atoms with E-state index >= 15 is 0 Å². The minimum absolute atomic E-state index is 0.114. The highest BCUT2D eigenvalue weighted by molar-refractivity contribution is 6.30. The van der Waals surface area contributed by atoms with Gasteiger partial charge in [-0.15, -0.1) is 11.6 Å². The van der Waals surface area contributed by atoms with Gasteiger partial charge in [0.2, 0.25) is 11.8 Å². The molecule has 2 heterocycles. The summed E-state index contributed by atoms with van der Waals surface area (Å²) in [6, 6.07) is 9.34. The number of hydrogen-bond donors (Lipinski definition) is 0. The molecule has 1 aliphatic heterocycles. The molecule has 0 fully saturated rings. The van der Waals surface area contributed by atoms with Gasteiger partial charge in [0.1, 0.15) is 18.2 Å². The standard InChI is InChI=1S/C16H13ClFN3O2/c17-8-14(22)21-10-15(23)20(13-2-1-7-19-16(13)21)9-11-3-5-12(18)6-4-11/h1-7H,8-10H2. The summed E-state index contributed by atoms with van der Waals surface area (Å²) < 4.78 is 13.0. The smallest absolute Gasteiger partial charge is 0.247 e. The van der Waals surface area contributed by atoms with Gasteiger partial charge < -0.3 is 4.90 Å². The first kappa shape index (κ1) is 15.4. The maximum atomic E-state index is 13.0. The van der Waals surface area contributed by atoms with Crippen LogP contribution in [0.2, 0.25) is 0 Å². The van der Waals surface area contributed by atoms with Crippen molar-refractivity contribution in [2.45, 2.75) is 6.54 Å². The van der Waals surface area contributed by atoms with Crippen molar-refractivity contribution in [1.29, 1.82) is 0 Å². The Labute approximate surface area is 137 Å². The molecule has 1 aromatic carbocycles. The quantitative estimate of drug-likeness (QED) is 0.810. The van der Waals surface area contributed by atoms with Gasteiger partial charge in [-0.25, -0.2) is 9.37 Å². The summed E-state index contributed by atoms with van der Waals surface area (Å²) in [6.07, 6.45) is 1.55. The van der Waals surface area contributed by atoms with Gasteiger partial charge in [0, 0.05) is 6.20 Å². The maximum absolute atomic E-state index is 13.0. The van der Waals surface area contributed by atoms with Crippen LogP contribution >= 0.6 is 11.6 Å². The number of alkyl halides is 1. The van der Waals surface area contributed by atoms with Gasteiger partial charge in [0.05, 0.1) is 12.2 Å². The van der Waals surface area contributed by atoms with E-state index in [2.05, 4.69) is 4.98 Å². The lowest BCUT2D eigenvalue weighted by atomic mass is 10.1. The second kappa shape index (κ2) is 6.34. The predicted octanol–water partition coefficient (Wildman–Crippen LogP) is 2.34.